The summed E-state index contributed by atoms with van der Waals surface area (Å²) in [6, 6.07) is 8.74. The van der Waals surface area contributed by atoms with Gasteiger partial charge in [0.25, 0.3) is 5.91 Å². The molecule has 0 aliphatic carbocycles. The zero-order chi connectivity index (χ0) is 17.9. The summed E-state index contributed by atoms with van der Waals surface area (Å²) in [5, 5.41) is 2.35. The molecule has 1 N–H and O–H groups in total. The highest BCUT2D eigenvalue weighted by atomic mass is 16.6. The largest absolute Gasteiger partial charge is 0.444 e. The molecule has 0 bridgehead atoms. The van der Waals surface area contributed by atoms with Gasteiger partial charge in [0, 0.05) is 0 Å². The first kappa shape index (κ1) is 17.8. The smallest absolute Gasteiger partial charge is 0.417 e. The van der Waals surface area contributed by atoms with Gasteiger partial charge in [0.05, 0.1) is 6.04 Å². The van der Waals surface area contributed by atoms with E-state index < -0.39 is 35.8 Å². The first-order valence-electron chi connectivity index (χ1n) is 7.73. The van der Waals surface area contributed by atoms with E-state index in [0.29, 0.717) is 0 Å². The minimum atomic E-state index is -0.715. The Bertz CT molecular complexity index is 624. The van der Waals surface area contributed by atoms with Gasteiger partial charge in [0.2, 0.25) is 0 Å². The lowest BCUT2D eigenvalue weighted by Crippen LogP contribution is -2.45. The Morgan fingerprint density at radius 1 is 1.25 bits per heavy atom. The summed E-state index contributed by atoms with van der Waals surface area (Å²) in [7, 11) is 0. The summed E-state index contributed by atoms with van der Waals surface area (Å²) >= 11 is 0. The molecule has 3 amide bonds. The molecule has 1 aromatic carbocycles. The molecule has 0 saturated carbocycles. The summed E-state index contributed by atoms with van der Waals surface area (Å²) in [5.41, 5.74) is 0.152. The molecule has 1 saturated heterocycles. The molecule has 130 valence electrons. The highest BCUT2D eigenvalue weighted by Gasteiger charge is 2.43. The van der Waals surface area contributed by atoms with E-state index >= 15 is 0 Å². The molecular weight excluding hydrogens is 312 g/mol. The van der Waals surface area contributed by atoms with E-state index in [0.717, 1.165) is 10.5 Å². The minimum Gasteiger partial charge on any atom is -0.444 e. The van der Waals surface area contributed by atoms with E-state index in [2.05, 4.69) is 5.32 Å². The molecule has 7 heteroatoms. The van der Waals surface area contributed by atoms with Crippen molar-refractivity contribution in [2.24, 2.45) is 0 Å². The molecule has 7 nitrogen and oxygen atoms in total. The Labute approximate surface area is 140 Å². The zero-order valence-corrected chi connectivity index (χ0v) is 14.2. The Hall–Kier alpha value is -2.57. The van der Waals surface area contributed by atoms with Crippen LogP contribution in [0.5, 0.6) is 0 Å². The van der Waals surface area contributed by atoms with Crippen molar-refractivity contribution in [3.63, 3.8) is 0 Å². The second-order valence-corrected chi connectivity index (χ2v) is 6.57. The average molecular weight is 334 g/mol. The summed E-state index contributed by atoms with van der Waals surface area (Å²) in [6.07, 6.45) is -1.95. The van der Waals surface area contributed by atoms with Crippen molar-refractivity contribution in [1.82, 2.24) is 10.2 Å². The fraction of sp³-hybridized carbons (Fsp3) is 0.471. The van der Waals surface area contributed by atoms with Crippen molar-refractivity contribution in [2.75, 3.05) is 6.54 Å². The van der Waals surface area contributed by atoms with Crippen LogP contribution < -0.4 is 5.32 Å². The molecule has 24 heavy (non-hydrogen) atoms. The van der Waals surface area contributed by atoms with Gasteiger partial charge in [-0.1, -0.05) is 30.3 Å². The molecule has 0 radical (unpaired) electrons. The van der Waals surface area contributed by atoms with Gasteiger partial charge in [0.15, 0.2) is 0 Å². The summed E-state index contributed by atoms with van der Waals surface area (Å²) < 4.78 is 10.4. The van der Waals surface area contributed by atoms with Crippen molar-refractivity contribution in [3.8, 4) is 0 Å². The van der Waals surface area contributed by atoms with E-state index in [-0.39, 0.29) is 6.54 Å². The van der Waals surface area contributed by atoms with E-state index in [4.69, 9.17) is 9.47 Å². The minimum absolute atomic E-state index is 0.337. The van der Waals surface area contributed by atoms with Crippen LogP contribution in [-0.2, 0) is 14.3 Å². The van der Waals surface area contributed by atoms with Crippen LogP contribution in [0.4, 0.5) is 9.59 Å². The maximum Gasteiger partial charge on any atom is 0.417 e. The van der Waals surface area contributed by atoms with E-state index in [1.54, 1.807) is 27.7 Å². The van der Waals surface area contributed by atoms with Gasteiger partial charge < -0.3 is 14.8 Å². The molecule has 0 unspecified atom stereocenters. The first-order chi connectivity index (χ1) is 11.2. The number of ether oxygens (including phenoxy) is 2. The van der Waals surface area contributed by atoms with Crippen LogP contribution in [0, 0.1) is 0 Å². The zero-order valence-electron chi connectivity index (χ0n) is 14.2. The number of alkyl carbamates (subject to hydrolysis) is 1. The fourth-order valence-corrected chi connectivity index (χ4v) is 2.43. The SMILES string of the molecule is C[C@@H]1[C@H](c2ccccc2)OC(=O)N1C(=O)CNC(=O)OC(C)(C)C. The number of amides is 3. The van der Waals surface area contributed by atoms with Crippen LogP contribution in [0.2, 0.25) is 0 Å². The molecule has 2 rings (SSSR count). The lowest BCUT2D eigenvalue weighted by molar-refractivity contribution is -0.128. The van der Waals surface area contributed by atoms with Crippen LogP contribution in [-0.4, -0.2) is 41.2 Å². The van der Waals surface area contributed by atoms with Crippen LogP contribution in [0.1, 0.15) is 39.4 Å². The van der Waals surface area contributed by atoms with Crippen molar-refractivity contribution in [3.05, 3.63) is 35.9 Å². The highest BCUT2D eigenvalue weighted by Crippen LogP contribution is 2.32. The number of carbonyl (C=O) groups excluding carboxylic acids is 3. The van der Waals surface area contributed by atoms with Crippen LogP contribution in [0.15, 0.2) is 30.3 Å². The third kappa shape index (κ3) is 4.24. The molecular formula is C17H22N2O5. The van der Waals surface area contributed by atoms with Crippen LogP contribution in [0.25, 0.3) is 0 Å². The fourth-order valence-electron chi connectivity index (χ4n) is 2.43. The third-order valence-electron chi connectivity index (χ3n) is 3.45. The Morgan fingerprint density at radius 2 is 1.88 bits per heavy atom. The van der Waals surface area contributed by atoms with E-state index in [9.17, 15) is 14.4 Å². The van der Waals surface area contributed by atoms with Crippen molar-refractivity contribution in [2.45, 2.75) is 45.4 Å². The standard InChI is InChI=1S/C17H22N2O5/c1-11-14(12-8-6-5-7-9-12)23-16(22)19(11)13(20)10-18-15(21)24-17(2,3)4/h5-9,11,14H,10H2,1-4H3,(H,18,21)/t11-,14-/m1/s1. The average Bonchev–Trinajstić information content (AvgIpc) is 2.79. The number of benzene rings is 1. The molecule has 1 aliphatic heterocycles. The second kappa shape index (κ2) is 6.90. The maximum atomic E-state index is 12.3. The summed E-state index contributed by atoms with van der Waals surface area (Å²) in [4.78, 5) is 36.9. The summed E-state index contributed by atoms with van der Waals surface area (Å²) in [6.45, 7) is 6.56. The number of hydrogen-bond acceptors (Lipinski definition) is 5. The first-order valence-corrected chi connectivity index (χ1v) is 7.73. The molecule has 1 aromatic rings. The second-order valence-electron chi connectivity index (χ2n) is 6.57. The highest BCUT2D eigenvalue weighted by molar-refractivity contribution is 5.95. The molecule has 0 spiro atoms. The normalized spacial score (nSPS) is 20.5. The molecule has 0 aromatic heterocycles. The topological polar surface area (TPSA) is 84.9 Å². The Morgan fingerprint density at radius 3 is 2.46 bits per heavy atom. The van der Waals surface area contributed by atoms with Gasteiger partial charge in [0.1, 0.15) is 18.2 Å². The van der Waals surface area contributed by atoms with Crippen LogP contribution >= 0.6 is 0 Å². The molecule has 1 aliphatic rings. The number of rotatable bonds is 3. The van der Waals surface area contributed by atoms with E-state index in [1.165, 1.54) is 0 Å². The molecule has 1 heterocycles. The number of hydrogen-bond donors (Lipinski definition) is 1. The molecule has 1 fully saturated rings. The van der Waals surface area contributed by atoms with Gasteiger partial charge in [-0.15, -0.1) is 0 Å². The van der Waals surface area contributed by atoms with Gasteiger partial charge in [-0.05, 0) is 33.3 Å². The predicted molar refractivity (Wildman–Crippen MR) is 86.2 cm³/mol. The van der Waals surface area contributed by atoms with Crippen molar-refractivity contribution >= 4 is 18.1 Å². The molecule has 2 atom stereocenters. The van der Waals surface area contributed by atoms with Gasteiger partial charge >= 0.3 is 12.2 Å². The lowest BCUT2D eigenvalue weighted by Gasteiger charge is -2.21. The Kier molecular flexibility index (Phi) is 5.11. The van der Waals surface area contributed by atoms with Gasteiger partial charge in [-0.2, -0.15) is 0 Å². The summed E-state index contributed by atoms with van der Waals surface area (Å²) in [5.74, 6) is -0.545. The van der Waals surface area contributed by atoms with Gasteiger partial charge in [-0.3, -0.25) is 4.79 Å². The number of carbonyl (C=O) groups is 3. The third-order valence-corrected chi connectivity index (χ3v) is 3.45. The monoisotopic (exact) mass is 334 g/mol. The maximum absolute atomic E-state index is 12.3. The number of nitrogens with zero attached hydrogens (tertiary/aromatic N) is 1. The predicted octanol–water partition coefficient (Wildman–Crippen LogP) is 2.62. The Balaban J connectivity index is 1.97. The van der Waals surface area contributed by atoms with Crippen molar-refractivity contribution in [1.29, 1.82) is 0 Å². The quantitative estimate of drug-likeness (QED) is 0.918. The van der Waals surface area contributed by atoms with Gasteiger partial charge in [-0.25, -0.2) is 14.5 Å². The number of imide groups is 1. The van der Waals surface area contributed by atoms with E-state index in [1.807, 2.05) is 30.3 Å². The number of nitrogens with one attached hydrogen (secondary N) is 1. The lowest BCUT2D eigenvalue weighted by atomic mass is 10.0. The van der Waals surface area contributed by atoms with Crippen molar-refractivity contribution < 1.29 is 23.9 Å². The number of cyclic esters (lactones) is 1. The van der Waals surface area contributed by atoms with Crippen LogP contribution in [0.3, 0.4) is 0 Å².